The molecule has 23 heavy (non-hydrogen) atoms. The van der Waals surface area contributed by atoms with E-state index in [0.717, 1.165) is 33.8 Å². The number of hydrogen-bond acceptors (Lipinski definition) is 2. The zero-order valence-corrected chi connectivity index (χ0v) is 14.4. The standard InChI is InChI=1S/C19H17BrN2O/c1-14(13-19-21-10-11-22-19)12-15-2-6-17(7-3-15)23-18-8-4-16(20)5-9-18/h2-12H,13H2,1H3,(H,21,22). The van der Waals surface area contributed by atoms with Crippen molar-refractivity contribution in [3.05, 3.63) is 82.4 Å². The average molecular weight is 369 g/mol. The molecule has 0 bridgehead atoms. The van der Waals surface area contributed by atoms with Crippen LogP contribution in [-0.2, 0) is 6.42 Å². The van der Waals surface area contributed by atoms with Crippen LogP contribution in [0.25, 0.3) is 6.08 Å². The van der Waals surface area contributed by atoms with E-state index in [2.05, 4.69) is 51.0 Å². The molecular weight excluding hydrogens is 352 g/mol. The molecule has 2 aromatic carbocycles. The van der Waals surface area contributed by atoms with Crippen molar-refractivity contribution in [1.82, 2.24) is 9.97 Å². The van der Waals surface area contributed by atoms with Gasteiger partial charge in [0.25, 0.3) is 0 Å². The van der Waals surface area contributed by atoms with Gasteiger partial charge < -0.3 is 9.72 Å². The molecule has 116 valence electrons. The number of aromatic amines is 1. The first-order valence-corrected chi connectivity index (χ1v) is 8.17. The van der Waals surface area contributed by atoms with Crippen LogP contribution in [0.1, 0.15) is 18.3 Å². The maximum Gasteiger partial charge on any atom is 0.127 e. The molecule has 0 saturated carbocycles. The maximum absolute atomic E-state index is 5.82. The number of imidazole rings is 1. The Morgan fingerprint density at radius 3 is 2.35 bits per heavy atom. The van der Waals surface area contributed by atoms with Gasteiger partial charge in [0.15, 0.2) is 0 Å². The van der Waals surface area contributed by atoms with E-state index in [1.165, 1.54) is 5.57 Å². The van der Waals surface area contributed by atoms with E-state index in [-0.39, 0.29) is 0 Å². The van der Waals surface area contributed by atoms with Gasteiger partial charge in [0, 0.05) is 23.3 Å². The lowest BCUT2D eigenvalue weighted by molar-refractivity contribution is 0.482. The van der Waals surface area contributed by atoms with E-state index < -0.39 is 0 Å². The summed E-state index contributed by atoms with van der Waals surface area (Å²) in [6, 6.07) is 15.9. The number of benzene rings is 2. The highest BCUT2D eigenvalue weighted by Gasteiger charge is 1.99. The fraction of sp³-hybridized carbons (Fsp3) is 0.105. The molecule has 1 N–H and O–H groups in total. The molecule has 0 atom stereocenters. The van der Waals surface area contributed by atoms with Crippen LogP contribution in [0, 0.1) is 0 Å². The summed E-state index contributed by atoms with van der Waals surface area (Å²) in [7, 11) is 0. The van der Waals surface area contributed by atoms with Crippen LogP contribution in [0.4, 0.5) is 0 Å². The number of halogens is 1. The molecule has 3 rings (SSSR count). The number of nitrogens with one attached hydrogen (secondary N) is 1. The summed E-state index contributed by atoms with van der Waals surface area (Å²) < 4.78 is 6.86. The van der Waals surface area contributed by atoms with Crippen molar-refractivity contribution in [2.24, 2.45) is 0 Å². The van der Waals surface area contributed by atoms with Crippen LogP contribution < -0.4 is 4.74 Å². The lowest BCUT2D eigenvalue weighted by Gasteiger charge is -2.06. The molecule has 0 amide bonds. The lowest BCUT2D eigenvalue weighted by atomic mass is 10.1. The Morgan fingerprint density at radius 2 is 1.74 bits per heavy atom. The second-order valence-electron chi connectivity index (χ2n) is 5.33. The molecule has 3 aromatic rings. The predicted octanol–water partition coefficient (Wildman–Crippen LogP) is 5.61. The Morgan fingerprint density at radius 1 is 1.09 bits per heavy atom. The molecule has 1 heterocycles. The summed E-state index contributed by atoms with van der Waals surface area (Å²) >= 11 is 3.42. The number of aromatic nitrogens is 2. The third kappa shape index (κ3) is 4.57. The first-order valence-electron chi connectivity index (χ1n) is 7.38. The van der Waals surface area contributed by atoms with Gasteiger partial charge in [-0.05, 0) is 48.9 Å². The molecule has 1 aromatic heterocycles. The second-order valence-corrected chi connectivity index (χ2v) is 6.24. The van der Waals surface area contributed by atoms with E-state index in [1.54, 1.807) is 6.20 Å². The summed E-state index contributed by atoms with van der Waals surface area (Å²) in [6.45, 7) is 2.11. The van der Waals surface area contributed by atoms with Crippen molar-refractivity contribution in [3.63, 3.8) is 0 Å². The van der Waals surface area contributed by atoms with Crippen LogP contribution in [-0.4, -0.2) is 9.97 Å². The molecule has 0 aliphatic heterocycles. The molecular formula is C19H17BrN2O. The van der Waals surface area contributed by atoms with Gasteiger partial charge in [0.2, 0.25) is 0 Å². The van der Waals surface area contributed by atoms with Crippen LogP contribution in [0.5, 0.6) is 11.5 Å². The lowest BCUT2D eigenvalue weighted by Crippen LogP contribution is -1.89. The normalized spacial score (nSPS) is 11.5. The Bertz CT molecular complexity index is 775. The maximum atomic E-state index is 5.82. The minimum Gasteiger partial charge on any atom is -0.457 e. The van der Waals surface area contributed by atoms with Crippen LogP contribution in [0.3, 0.4) is 0 Å². The molecule has 0 saturated heterocycles. The van der Waals surface area contributed by atoms with Gasteiger partial charge >= 0.3 is 0 Å². The van der Waals surface area contributed by atoms with Crippen molar-refractivity contribution in [2.45, 2.75) is 13.3 Å². The molecule has 4 heteroatoms. The number of ether oxygens (including phenoxy) is 1. The van der Waals surface area contributed by atoms with Gasteiger partial charge in [0.1, 0.15) is 17.3 Å². The zero-order chi connectivity index (χ0) is 16.1. The Kier molecular flexibility index (Phi) is 4.93. The molecule has 0 spiro atoms. The fourth-order valence-electron chi connectivity index (χ4n) is 2.27. The first-order chi connectivity index (χ1) is 11.2. The molecule has 0 unspecified atom stereocenters. The predicted molar refractivity (Wildman–Crippen MR) is 96.6 cm³/mol. The van der Waals surface area contributed by atoms with Gasteiger partial charge in [-0.1, -0.05) is 39.7 Å². The molecule has 0 radical (unpaired) electrons. The highest BCUT2D eigenvalue weighted by molar-refractivity contribution is 9.10. The van der Waals surface area contributed by atoms with Gasteiger partial charge in [0.05, 0.1) is 0 Å². The van der Waals surface area contributed by atoms with E-state index in [4.69, 9.17) is 4.74 Å². The second kappa shape index (κ2) is 7.29. The number of nitrogens with zero attached hydrogens (tertiary/aromatic N) is 1. The number of rotatable bonds is 5. The van der Waals surface area contributed by atoms with Crippen LogP contribution >= 0.6 is 15.9 Å². The Labute approximate surface area is 144 Å². The Balaban J connectivity index is 1.65. The fourth-order valence-corrected chi connectivity index (χ4v) is 2.53. The zero-order valence-electron chi connectivity index (χ0n) is 12.8. The van der Waals surface area contributed by atoms with Crippen molar-refractivity contribution < 1.29 is 4.74 Å². The highest BCUT2D eigenvalue weighted by atomic mass is 79.9. The van der Waals surface area contributed by atoms with Gasteiger partial charge in [-0.25, -0.2) is 4.98 Å². The van der Waals surface area contributed by atoms with Crippen molar-refractivity contribution in [3.8, 4) is 11.5 Å². The quantitative estimate of drug-likeness (QED) is 0.635. The summed E-state index contributed by atoms with van der Waals surface area (Å²) in [4.78, 5) is 7.36. The first kappa shape index (κ1) is 15.6. The number of H-pyrrole nitrogens is 1. The van der Waals surface area contributed by atoms with Gasteiger partial charge in [-0.3, -0.25) is 0 Å². The molecule has 0 aliphatic rings. The summed E-state index contributed by atoms with van der Waals surface area (Å²) in [6.07, 6.45) is 6.60. The SMILES string of the molecule is CC(=Cc1ccc(Oc2ccc(Br)cc2)cc1)Cc1ncc[nH]1. The average Bonchev–Trinajstić information content (AvgIpc) is 3.04. The van der Waals surface area contributed by atoms with E-state index in [1.807, 2.05) is 42.6 Å². The summed E-state index contributed by atoms with van der Waals surface area (Å²) in [5, 5.41) is 0. The minimum absolute atomic E-state index is 0.824. The Hall–Kier alpha value is -2.33. The number of hydrogen-bond donors (Lipinski definition) is 1. The summed E-state index contributed by atoms with van der Waals surface area (Å²) in [5.74, 6) is 2.63. The molecule has 0 fully saturated rings. The number of allylic oxidation sites excluding steroid dienone is 1. The van der Waals surface area contributed by atoms with Crippen molar-refractivity contribution in [2.75, 3.05) is 0 Å². The van der Waals surface area contributed by atoms with Crippen molar-refractivity contribution >= 4 is 22.0 Å². The topological polar surface area (TPSA) is 37.9 Å². The smallest absolute Gasteiger partial charge is 0.127 e. The third-order valence-electron chi connectivity index (χ3n) is 3.34. The van der Waals surface area contributed by atoms with E-state index in [0.29, 0.717) is 0 Å². The van der Waals surface area contributed by atoms with Gasteiger partial charge in [-0.2, -0.15) is 0 Å². The van der Waals surface area contributed by atoms with E-state index in [9.17, 15) is 0 Å². The monoisotopic (exact) mass is 368 g/mol. The highest BCUT2D eigenvalue weighted by Crippen LogP contribution is 2.24. The minimum atomic E-state index is 0.824. The molecule has 0 aliphatic carbocycles. The van der Waals surface area contributed by atoms with Crippen LogP contribution in [0.15, 0.2) is 71.0 Å². The third-order valence-corrected chi connectivity index (χ3v) is 3.87. The van der Waals surface area contributed by atoms with E-state index >= 15 is 0 Å². The van der Waals surface area contributed by atoms with Crippen LogP contribution in [0.2, 0.25) is 0 Å². The summed E-state index contributed by atoms with van der Waals surface area (Å²) in [5.41, 5.74) is 2.40. The van der Waals surface area contributed by atoms with Crippen molar-refractivity contribution in [1.29, 1.82) is 0 Å². The molecule has 3 nitrogen and oxygen atoms in total. The van der Waals surface area contributed by atoms with Gasteiger partial charge in [-0.15, -0.1) is 0 Å². The largest absolute Gasteiger partial charge is 0.457 e.